The van der Waals surface area contributed by atoms with Crippen LogP contribution >= 0.6 is 11.6 Å². The minimum atomic E-state index is -0.482. The van der Waals surface area contributed by atoms with Crippen LogP contribution in [0.1, 0.15) is 5.56 Å². The molecule has 0 saturated heterocycles. The molecule has 0 aliphatic rings. The molecule has 0 heterocycles. The highest BCUT2D eigenvalue weighted by Gasteiger charge is 2.04. The van der Waals surface area contributed by atoms with Crippen molar-refractivity contribution in [2.45, 2.75) is 6.54 Å². The van der Waals surface area contributed by atoms with E-state index < -0.39 is 4.92 Å². The summed E-state index contributed by atoms with van der Waals surface area (Å²) in [6.45, 7) is 0.509. The summed E-state index contributed by atoms with van der Waals surface area (Å²) in [7, 11) is 3.48. The molecule has 0 bridgehead atoms. The van der Waals surface area contributed by atoms with Crippen LogP contribution in [0.2, 0.25) is 5.02 Å². The Hall–Kier alpha value is -1.75. The predicted molar refractivity (Wildman–Crippen MR) is 67.1 cm³/mol. The summed E-state index contributed by atoms with van der Waals surface area (Å²) in [5, 5.41) is 14.1. The zero-order chi connectivity index (χ0) is 12.8. The van der Waals surface area contributed by atoms with Crippen molar-refractivity contribution in [1.82, 2.24) is 10.2 Å². The summed E-state index contributed by atoms with van der Waals surface area (Å²) in [6.07, 6.45) is 0.940. The van der Waals surface area contributed by atoms with Crippen molar-refractivity contribution < 1.29 is 4.92 Å². The van der Waals surface area contributed by atoms with Crippen LogP contribution in [-0.4, -0.2) is 23.9 Å². The van der Waals surface area contributed by atoms with Gasteiger partial charge in [-0.05, 0) is 17.7 Å². The Labute approximate surface area is 105 Å². The largest absolute Gasteiger partial charge is 0.363 e. The standard InChI is InChI=1S/C11H14ClN3O2/c1-14(2)11(8-15(16)17)13-7-9-3-5-10(12)6-4-9/h3-6,8,13H,7H2,1-2H3. The summed E-state index contributed by atoms with van der Waals surface area (Å²) < 4.78 is 0. The van der Waals surface area contributed by atoms with E-state index in [9.17, 15) is 10.1 Å². The van der Waals surface area contributed by atoms with E-state index in [2.05, 4.69) is 5.32 Å². The monoisotopic (exact) mass is 255 g/mol. The van der Waals surface area contributed by atoms with Crippen LogP contribution in [0.25, 0.3) is 0 Å². The molecule has 0 unspecified atom stereocenters. The number of nitro groups is 1. The lowest BCUT2D eigenvalue weighted by Crippen LogP contribution is -2.26. The van der Waals surface area contributed by atoms with Gasteiger partial charge in [0.05, 0.1) is 4.92 Å². The fraction of sp³-hybridized carbons (Fsp3) is 0.273. The van der Waals surface area contributed by atoms with Crippen molar-refractivity contribution in [2.24, 2.45) is 0 Å². The van der Waals surface area contributed by atoms with Crippen molar-refractivity contribution >= 4 is 11.6 Å². The highest BCUT2D eigenvalue weighted by molar-refractivity contribution is 6.30. The Morgan fingerprint density at radius 1 is 1.47 bits per heavy atom. The van der Waals surface area contributed by atoms with Crippen LogP contribution in [0, 0.1) is 10.1 Å². The van der Waals surface area contributed by atoms with Crippen LogP contribution in [0.5, 0.6) is 0 Å². The van der Waals surface area contributed by atoms with Gasteiger partial charge in [-0.15, -0.1) is 0 Å². The van der Waals surface area contributed by atoms with Crippen molar-refractivity contribution in [3.8, 4) is 0 Å². The zero-order valence-corrected chi connectivity index (χ0v) is 10.4. The Morgan fingerprint density at radius 3 is 2.53 bits per heavy atom. The molecule has 0 fully saturated rings. The third kappa shape index (κ3) is 4.74. The maximum Gasteiger partial charge on any atom is 0.274 e. The second-order valence-electron chi connectivity index (χ2n) is 3.67. The van der Waals surface area contributed by atoms with Gasteiger partial charge in [-0.25, -0.2) is 0 Å². The third-order valence-electron chi connectivity index (χ3n) is 2.10. The number of benzene rings is 1. The number of rotatable bonds is 5. The molecule has 0 spiro atoms. The Morgan fingerprint density at radius 2 is 2.06 bits per heavy atom. The van der Waals surface area contributed by atoms with E-state index in [-0.39, 0.29) is 0 Å². The molecule has 0 aliphatic heterocycles. The fourth-order valence-electron chi connectivity index (χ4n) is 1.21. The lowest BCUT2D eigenvalue weighted by atomic mass is 10.2. The van der Waals surface area contributed by atoms with Gasteiger partial charge in [0.15, 0.2) is 5.82 Å². The van der Waals surface area contributed by atoms with Crippen molar-refractivity contribution in [2.75, 3.05) is 14.1 Å². The summed E-state index contributed by atoms with van der Waals surface area (Å²) in [5.41, 5.74) is 1.01. The number of nitrogens with zero attached hydrogens (tertiary/aromatic N) is 2. The molecular weight excluding hydrogens is 242 g/mol. The lowest BCUT2D eigenvalue weighted by molar-refractivity contribution is -0.404. The van der Waals surface area contributed by atoms with Gasteiger partial charge in [0.2, 0.25) is 0 Å². The van der Waals surface area contributed by atoms with E-state index in [1.54, 1.807) is 31.1 Å². The first-order chi connectivity index (χ1) is 7.99. The average molecular weight is 256 g/mol. The van der Waals surface area contributed by atoms with E-state index in [4.69, 9.17) is 11.6 Å². The smallest absolute Gasteiger partial charge is 0.274 e. The molecule has 1 aromatic rings. The summed E-state index contributed by atoms with van der Waals surface area (Å²) in [6, 6.07) is 7.31. The molecule has 0 aromatic heterocycles. The van der Waals surface area contributed by atoms with E-state index >= 15 is 0 Å². The maximum atomic E-state index is 10.4. The quantitative estimate of drug-likeness (QED) is 0.646. The molecule has 5 nitrogen and oxygen atoms in total. The fourth-order valence-corrected chi connectivity index (χ4v) is 1.34. The van der Waals surface area contributed by atoms with E-state index in [0.29, 0.717) is 17.4 Å². The number of nitrogens with one attached hydrogen (secondary N) is 1. The third-order valence-corrected chi connectivity index (χ3v) is 2.35. The summed E-state index contributed by atoms with van der Waals surface area (Å²) in [5.74, 6) is 0.449. The molecular formula is C11H14ClN3O2. The Bertz CT molecular complexity index is 415. The Balaban J connectivity index is 2.64. The van der Waals surface area contributed by atoms with Crippen LogP contribution in [0.4, 0.5) is 0 Å². The molecule has 0 amide bonds. The van der Waals surface area contributed by atoms with Crippen LogP contribution in [-0.2, 0) is 6.54 Å². The average Bonchev–Trinajstić information content (AvgIpc) is 2.25. The predicted octanol–water partition coefficient (Wildman–Crippen LogP) is 2.07. The van der Waals surface area contributed by atoms with Gasteiger partial charge < -0.3 is 10.2 Å². The van der Waals surface area contributed by atoms with Gasteiger partial charge in [0, 0.05) is 25.7 Å². The molecule has 0 radical (unpaired) electrons. The highest BCUT2D eigenvalue weighted by atomic mass is 35.5. The highest BCUT2D eigenvalue weighted by Crippen LogP contribution is 2.09. The molecule has 17 heavy (non-hydrogen) atoms. The number of hydrogen-bond acceptors (Lipinski definition) is 4. The van der Waals surface area contributed by atoms with Gasteiger partial charge >= 0.3 is 0 Å². The zero-order valence-electron chi connectivity index (χ0n) is 9.68. The summed E-state index contributed by atoms with van der Waals surface area (Å²) in [4.78, 5) is 11.6. The first-order valence-corrected chi connectivity index (χ1v) is 5.38. The molecule has 1 aromatic carbocycles. The number of halogens is 1. The minimum absolute atomic E-state index is 0.449. The van der Waals surface area contributed by atoms with Gasteiger partial charge in [0.25, 0.3) is 6.20 Å². The van der Waals surface area contributed by atoms with Crippen LogP contribution < -0.4 is 5.32 Å². The van der Waals surface area contributed by atoms with Gasteiger partial charge in [-0.2, -0.15) is 0 Å². The first kappa shape index (κ1) is 13.3. The van der Waals surface area contributed by atoms with E-state index in [0.717, 1.165) is 11.8 Å². The molecule has 0 aliphatic carbocycles. The minimum Gasteiger partial charge on any atom is -0.363 e. The van der Waals surface area contributed by atoms with Crippen molar-refractivity contribution in [3.63, 3.8) is 0 Å². The van der Waals surface area contributed by atoms with E-state index in [1.165, 1.54) is 0 Å². The Kier molecular flexibility index (Phi) is 4.78. The van der Waals surface area contributed by atoms with Gasteiger partial charge in [-0.3, -0.25) is 10.1 Å². The molecule has 1 rings (SSSR count). The van der Waals surface area contributed by atoms with Crippen molar-refractivity contribution in [1.29, 1.82) is 0 Å². The van der Waals surface area contributed by atoms with Gasteiger partial charge in [-0.1, -0.05) is 23.7 Å². The molecule has 92 valence electrons. The molecule has 0 atom stereocenters. The normalized spacial score (nSPS) is 11.1. The maximum absolute atomic E-state index is 10.4. The van der Waals surface area contributed by atoms with E-state index in [1.807, 2.05) is 12.1 Å². The van der Waals surface area contributed by atoms with Crippen molar-refractivity contribution in [3.05, 3.63) is 57.0 Å². The lowest BCUT2D eigenvalue weighted by Gasteiger charge is -2.16. The van der Waals surface area contributed by atoms with Crippen LogP contribution in [0.15, 0.2) is 36.3 Å². The number of hydrogen-bond donors (Lipinski definition) is 1. The summed E-state index contributed by atoms with van der Waals surface area (Å²) >= 11 is 5.76. The second kappa shape index (κ2) is 6.10. The molecule has 6 heteroatoms. The van der Waals surface area contributed by atoms with Crippen LogP contribution in [0.3, 0.4) is 0 Å². The SMILES string of the molecule is CN(C)C(=C[N+](=O)[O-])NCc1ccc(Cl)cc1. The second-order valence-corrected chi connectivity index (χ2v) is 4.11. The first-order valence-electron chi connectivity index (χ1n) is 5.00. The molecule has 1 N–H and O–H groups in total. The molecule has 0 saturated carbocycles. The van der Waals surface area contributed by atoms with Gasteiger partial charge in [0.1, 0.15) is 0 Å². The topological polar surface area (TPSA) is 58.4 Å².